The molecule has 1 atom stereocenters. The number of aliphatic imine (C=N–C) groups is 1. The molecule has 0 aromatic heterocycles. The smallest absolute Gasteiger partial charge is 0.193 e. The maximum Gasteiger partial charge on any atom is 0.193 e. The van der Waals surface area contributed by atoms with E-state index in [-0.39, 0.29) is 0 Å². The minimum Gasteiger partial charge on any atom is -0.497 e. The van der Waals surface area contributed by atoms with E-state index in [9.17, 15) is 0 Å². The van der Waals surface area contributed by atoms with Crippen LogP contribution in [0.1, 0.15) is 12.5 Å². The number of nitrogens with zero attached hydrogens (tertiary/aromatic N) is 4. The van der Waals surface area contributed by atoms with Gasteiger partial charge in [-0.2, -0.15) is 0 Å². The molecule has 1 N–H and O–H groups in total. The van der Waals surface area contributed by atoms with Gasteiger partial charge in [-0.1, -0.05) is 6.92 Å². The van der Waals surface area contributed by atoms with Crippen molar-refractivity contribution in [1.82, 2.24) is 20.0 Å². The first-order chi connectivity index (χ1) is 13.5. The average molecular weight is 392 g/mol. The minimum atomic E-state index is 0.559. The van der Waals surface area contributed by atoms with E-state index in [1.54, 1.807) is 14.2 Å². The first-order valence-electron chi connectivity index (χ1n) is 10.00. The molecule has 0 saturated carbocycles. The maximum absolute atomic E-state index is 5.52. The Morgan fingerprint density at radius 2 is 1.93 bits per heavy atom. The summed E-state index contributed by atoms with van der Waals surface area (Å²) in [5.41, 5.74) is 1.10. The van der Waals surface area contributed by atoms with Gasteiger partial charge in [0.1, 0.15) is 11.5 Å². The van der Waals surface area contributed by atoms with Crippen molar-refractivity contribution >= 4 is 5.96 Å². The Bertz CT molecular complexity index is 629. The number of rotatable bonds is 8. The largest absolute Gasteiger partial charge is 0.497 e. The van der Waals surface area contributed by atoms with Gasteiger partial charge < -0.3 is 29.5 Å². The van der Waals surface area contributed by atoms with Gasteiger partial charge in [0.25, 0.3) is 0 Å². The van der Waals surface area contributed by atoms with Crippen LogP contribution in [0.2, 0.25) is 0 Å². The Balaban J connectivity index is 1.85. The maximum atomic E-state index is 5.52. The fourth-order valence-electron chi connectivity index (χ4n) is 3.50. The summed E-state index contributed by atoms with van der Waals surface area (Å²) in [6.45, 7) is 9.67. The van der Waals surface area contributed by atoms with E-state index in [1.807, 2.05) is 32.3 Å². The van der Waals surface area contributed by atoms with Crippen molar-refractivity contribution in [2.24, 2.45) is 10.9 Å². The van der Waals surface area contributed by atoms with E-state index in [2.05, 4.69) is 39.0 Å². The topological polar surface area (TPSA) is 52.6 Å². The van der Waals surface area contributed by atoms with Crippen molar-refractivity contribution in [2.75, 3.05) is 74.6 Å². The molecule has 1 fully saturated rings. The zero-order chi connectivity index (χ0) is 20.5. The van der Waals surface area contributed by atoms with E-state index in [1.165, 1.54) is 0 Å². The third-order valence-corrected chi connectivity index (χ3v) is 5.25. The normalized spacial score (nSPS) is 17.3. The molecule has 0 spiro atoms. The van der Waals surface area contributed by atoms with E-state index < -0.39 is 0 Å². The first-order valence-corrected chi connectivity index (χ1v) is 10.00. The number of nitrogens with one attached hydrogen (secondary N) is 1. The van der Waals surface area contributed by atoms with Gasteiger partial charge in [-0.05, 0) is 25.1 Å². The number of piperazine rings is 1. The van der Waals surface area contributed by atoms with Gasteiger partial charge in [0.15, 0.2) is 5.96 Å². The summed E-state index contributed by atoms with van der Waals surface area (Å²) in [6, 6.07) is 5.91. The molecule has 7 heteroatoms. The third-order valence-electron chi connectivity index (χ3n) is 5.25. The highest BCUT2D eigenvalue weighted by molar-refractivity contribution is 5.79. The van der Waals surface area contributed by atoms with Crippen LogP contribution in [-0.4, -0.2) is 95.3 Å². The molecule has 1 aromatic carbocycles. The molecule has 1 saturated heterocycles. The summed E-state index contributed by atoms with van der Waals surface area (Å²) in [5.74, 6) is 3.07. The number of hydrogen-bond acceptors (Lipinski definition) is 5. The fraction of sp³-hybridized carbons (Fsp3) is 0.667. The molecule has 2 rings (SSSR count). The van der Waals surface area contributed by atoms with Gasteiger partial charge >= 0.3 is 0 Å². The molecule has 1 aliphatic rings. The molecule has 28 heavy (non-hydrogen) atoms. The minimum absolute atomic E-state index is 0.559. The molecule has 0 bridgehead atoms. The fourth-order valence-corrected chi connectivity index (χ4v) is 3.50. The van der Waals surface area contributed by atoms with Crippen LogP contribution in [0.25, 0.3) is 0 Å². The van der Waals surface area contributed by atoms with Crippen LogP contribution in [0, 0.1) is 5.92 Å². The number of hydrogen-bond donors (Lipinski definition) is 1. The highest BCUT2D eigenvalue weighted by Gasteiger charge is 2.17. The number of ether oxygens (including phenoxy) is 2. The summed E-state index contributed by atoms with van der Waals surface area (Å²) in [4.78, 5) is 11.5. The second-order valence-corrected chi connectivity index (χ2v) is 7.67. The van der Waals surface area contributed by atoms with Crippen molar-refractivity contribution in [1.29, 1.82) is 0 Å². The lowest BCUT2D eigenvalue weighted by molar-refractivity contribution is 0.139. The quantitative estimate of drug-likeness (QED) is 0.537. The third kappa shape index (κ3) is 6.56. The van der Waals surface area contributed by atoms with Gasteiger partial charge in [-0.15, -0.1) is 0 Å². The van der Waals surface area contributed by atoms with Gasteiger partial charge in [-0.3, -0.25) is 4.99 Å². The summed E-state index contributed by atoms with van der Waals surface area (Å²) in [6.07, 6.45) is 0. The number of benzene rings is 1. The Kier molecular flexibility index (Phi) is 8.86. The first kappa shape index (κ1) is 22.3. The molecule has 1 heterocycles. The van der Waals surface area contributed by atoms with Crippen molar-refractivity contribution in [3.05, 3.63) is 23.8 Å². The lowest BCUT2D eigenvalue weighted by Gasteiger charge is -2.34. The SMILES string of the molecule is CN=C(NCC(C)CN1CCN(C)CC1)N(C)Cc1ccc(OC)cc1OC. The number of methoxy groups -OCH3 is 2. The van der Waals surface area contributed by atoms with Crippen LogP contribution in [0.4, 0.5) is 0 Å². The highest BCUT2D eigenvalue weighted by Crippen LogP contribution is 2.25. The summed E-state index contributed by atoms with van der Waals surface area (Å²) in [7, 11) is 9.42. The molecule has 0 amide bonds. The molecule has 1 aliphatic heterocycles. The van der Waals surface area contributed by atoms with Gasteiger partial charge in [0.2, 0.25) is 0 Å². The molecule has 7 nitrogen and oxygen atoms in total. The summed E-state index contributed by atoms with van der Waals surface area (Å²) >= 11 is 0. The van der Waals surface area contributed by atoms with Gasteiger partial charge in [-0.25, -0.2) is 0 Å². The zero-order valence-corrected chi connectivity index (χ0v) is 18.4. The average Bonchev–Trinajstić information content (AvgIpc) is 2.70. The Hall–Kier alpha value is -1.99. The number of likely N-dealkylation sites (N-methyl/N-ethyl adjacent to an activating group) is 1. The standard InChI is InChI=1S/C21H37N5O2/c1-17(15-26-11-9-24(3)10-12-26)14-23-21(22-2)25(4)16-18-7-8-19(27-5)13-20(18)28-6/h7-8,13,17H,9-12,14-16H2,1-6H3,(H,22,23). The molecule has 1 aromatic rings. The van der Waals surface area contributed by atoms with Crippen molar-refractivity contribution in [3.63, 3.8) is 0 Å². The van der Waals surface area contributed by atoms with Gasteiger partial charge in [0, 0.05) is 71.5 Å². The molecular weight excluding hydrogens is 354 g/mol. The van der Waals surface area contributed by atoms with Crippen LogP contribution in [0.15, 0.2) is 23.2 Å². The monoisotopic (exact) mass is 391 g/mol. The van der Waals surface area contributed by atoms with E-state index in [0.717, 1.165) is 62.3 Å². The van der Waals surface area contributed by atoms with Crippen molar-refractivity contribution < 1.29 is 9.47 Å². The summed E-state index contributed by atoms with van der Waals surface area (Å²) < 4.78 is 10.8. The molecule has 0 aliphatic carbocycles. The highest BCUT2D eigenvalue weighted by atomic mass is 16.5. The Labute approximate surface area is 170 Å². The lowest BCUT2D eigenvalue weighted by atomic mass is 10.1. The van der Waals surface area contributed by atoms with Crippen molar-refractivity contribution in [2.45, 2.75) is 13.5 Å². The lowest BCUT2D eigenvalue weighted by Crippen LogP contribution is -2.47. The van der Waals surface area contributed by atoms with E-state index >= 15 is 0 Å². The van der Waals surface area contributed by atoms with E-state index in [0.29, 0.717) is 12.5 Å². The molecular formula is C21H37N5O2. The van der Waals surface area contributed by atoms with Crippen LogP contribution in [0.5, 0.6) is 11.5 Å². The predicted octanol–water partition coefficient (Wildman–Crippen LogP) is 1.59. The summed E-state index contributed by atoms with van der Waals surface area (Å²) in [5, 5.41) is 3.52. The molecule has 1 unspecified atom stereocenters. The Morgan fingerprint density at radius 1 is 1.21 bits per heavy atom. The molecule has 158 valence electrons. The Morgan fingerprint density at radius 3 is 2.54 bits per heavy atom. The molecule has 0 radical (unpaired) electrons. The van der Waals surface area contributed by atoms with Crippen LogP contribution in [0.3, 0.4) is 0 Å². The zero-order valence-electron chi connectivity index (χ0n) is 18.4. The van der Waals surface area contributed by atoms with Crippen LogP contribution < -0.4 is 14.8 Å². The van der Waals surface area contributed by atoms with Crippen LogP contribution in [-0.2, 0) is 6.54 Å². The van der Waals surface area contributed by atoms with Crippen LogP contribution >= 0.6 is 0 Å². The number of guanidine groups is 1. The second-order valence-electron chi connectivity index (χ2n) is 7.67. The predicted molar refractivity (Wildman–Crippen MR) is 115 cm³/mol. The van der Waals surface area contributed by atoms with E-state index in [4.69, 9.17) is 9.47 Å². The van der Waals surface area contributed by atoms with Gasteiger partial charge in [0.05, 0.1) is 14.2 Å². The van der Waals surface area contributed by atoms with Crippen molar-refractivity contribution in [3.8, 4) is 11.5 Å². The second kappa shape index (κ2) is 11.1.